The molecule has 11 heteroatoms. The third-order valence-electron chi connectivity index (χ3n) is 4.29. The number of carboxylic acids is 1. The molecule has 0 bridgehead atoms. The molecule has 134 valence electrons. The minimum absolute atomic E-state index is 0.212. The molecule has 0 radical (unpaired) electrons. The molecular formula is C14H17N5O6. The van der Waals surface area contributed by atoms with Gasteiger partial charge in [0.05, 0.1) is 6.33 Å². The van der Waals surface area contributed by atoms with Crippen LogP contribution in [-0.4, -0.2) is 65.9 Å². The van der Waals surface area contributed by atoms with E-state index in [-0.39, 0.29) is 5.82 Å². The number of nitrogens with two attached hydrogens (primary N) is 1. The van der Waals surface area contributed by atoms with E-state index in [9.17, 15) is 9.90 Å². The van der Waals surface area contributed by atoms with Crippen molar-refractivity contribution in [2.45, 2.75) is 50.3 Å². The zero-order chi connectivity index (χ0) is 17.9. The second-order valence-corrected chi connectivity index (χ2v) is 6.42. The van der Waals surface area contributed by atoms with Gasteiger partial charge in [-0.2, -0.15) is 0 Å². The van der Waals surface area contributed by atoms with E-state index in [0.717, 1.165) is 0 Å². The Morgan fingerprint density at radius 3 is 2.76 bits per heavy atom. The molecule has 25 heavy (non-hydrogen) atoms. The number of aliphatic hydroxyl groups is 1. The maximum atomic E-state index is 11.2. The Hall–Kier alpha value is -2.34. The van der Waals surface area contributed by atoms with Crippen molar-refractivity contribution in [3.05, 3.63) is 12.7 Å². The first-order valence-corrected chi connectivity index (χ1v) is 7.63. The van der Waals surface area contributed by atoms with Gasteiger partial charge in [0.25, 0.3) is 0 Å². The van der Waals surface area contributed by atoms with Crippen LogP contribution in [0.1, 0.15) is 20.1 Å². The smallest absolute Gasteiger partial charge is 0.335 e. The lowest BCUT2D eigenvalue weighted by Gasteiger charge is -2.25. The summed E-state index contributed by atoms with van der Waals surface area (Å²) in [4.78, 5) is 23.4. The molecule has 4 N–H and O–H groups in total. The number of fused-ring (bicyclic) bond motifs is 2. The number of nitrogen functional groups attached to an aromatic ring is 1. The summed E-state index contributed by atoms with van der Waals surface area (Å²) in [6.45, 7) is 3.41. The number of rotatable bonds is 3. The lowest BCUT2D eigenvalue weighted by Crippen LogP contribution is -2.42. The Bertz CT molecular complexity index is 838. The highest BCUT2D eigenvalue weighted by Gasteiger charge is 2.59. The molecule has 0 aliphatic carbocycles. The van der Waals surface area contributed by atoms with E-state index in [4.69, 9.17) is 25.1 Å². The van der Waals surface area contributed by atoms with Gasteiger partial charge in [-0.15, -0.1) is 0 Å². The van der Waals surface area contributed by atoms with Crippen LogP contribution in [0.15, 0.2) is 12.7 Å². The highest BCUT2D eigenvalue weighted by Crippen LogP contribution is 2.44. The number of anilines is 1. The van der Waals surface area contributed by atoms with Crippen LogP contribution >= 0.6 is 0 Å². The average molecular weight is 351 g/mol. The number of carbonyl (C=O) groups is 1. The average Bonchev–Trinajstić information content (AvgIpc) is 3.17. The second kappa shape index (κ2) is 5.33. The third-order valence-corrected chi connectivity index (χ3v) is 4.29. The van der Waals surface area contributed by atoms with Gasteiger partial charge in [0.2, 0.25) is 0 Å². The lowest BCUT2D eigenvalue weighted by atomic mass is 10.1. The summed E-state index contributed by atoms with van der Waals surface area (Å²) >= 11 is 0. The van der Waals surface area contributed by atoms with Gasteiger partial charge in [-0.25, -0.2) is 19.7 Å². The van der Waals surface area contributed by atoms with Gasteiger partial charge >= 0.3 is 5.97 Å². The number of imidazole rings is 1. The first kappa shape index (κ1) is 16.1. The Labute approximate surface area is 141 Å². The van der Waals surface area contributed by atoms with Gasteiger partial charge in [0.15, 0.2) is 29.6 Å². The standard InChI is InChI=1S/C14H17N5O6/c1-14(2)24-8-7(6(20)13(21)22)23-12(9(8)25-14)19-4-18-5-10(15)16-3-17-11(5)19/h3-4,6-9,12,20H,1-2H3,(H,21,22)(H2,15,16,17)/t6-,7-,8+,9-,12-/m1/s1. The van der Waals surface area contributed by atoms with Crippen LogP contribution < -0.4 is 5.73 Å². The van der Waals surface area contributed by atoms with E-state index in [1.807, 2.05) is 0 Å². The molecule has 2 saturated heterocycles. The van der Waals surface area contributed by atoms with Crippen LogP contribution in [0.5, 0.6) is 0 Å². The summed E-state index contributed by atoms with van der Waals surface area (Å²) in [6, 6.07) is 0. The molecule has 0 spiro atoms. The number of nitrogens with zero attached hydrogens (tertiary/aromatic N) is 4. The molecule has 2 fully saturated rings. The SMILES string of the molecule is CC1(C)O[C@@H]2[C@@H](O1)[C@H](n1cnc3c(N)ncnc31)O[C@@H]2[C@@H](O)C(=O)O. The van der Waals surface area contributed by atoms with Crippen LogP contribution in [-0.2, 0) is 19.0 Å². The van der Waals surface area contributed by atoms with Crippen molar-refractivity contribution >= 4 is 23.0 Å². The van der Waals surface area contributed by atoms with Gasteiger partial charge < -0.3 is 30.2 Å². The van der Waals surface area contributed by atoms with Gasteiger partial charge in [0, 0.05) is 0 Å². The highest BCUT2D eigenvalue weighted by molar-refractivity contribution is 5.81. The number of ether oxygens (including phenoxy) is 3. The van der Waals surface area contributed by atoms with Crippen molar-refractivity contribution in [2.24, 2.45) is 0 Å². The first-order valence-electron chi connectivity index (χ1n) is 7.63. The third kappa shape index (κ3) is 2.43. The second-order valence-electron chi connectivity index (χ2n) is 6.42. The van der Waals surface area contributed by atoms with Gasteiger partial charge in [-0.1, -0.05) is 0 Å². The molecule has 0 unspecified atom stereocenters. The number of hydrogen-bond donors (Lipinski definition) is 3. The van der Waals surface area contributed by atoms with E-state index >= 15 is 0 Å². The van der Waals surface area contributed by atoms with E-state index in [1.165, 1.54) is 12.7 Å². The molecule has 0 aromatic carbocycles. The Morgan fingerprint density at radius 2 is 2.04 bits per heavy atom. The Kier molecular flexibility index (Phi) is 3.44. The summed E-state index contributed by atoms with van der Waals surface area (Å²) in [7, 11) is 0. The fraction of sp³-hybridized carbons (Fsp3) is 0.571. The zero-order valence-corrected chi connectivity index (χ0v) is 13.4. The largest absolute Gasteiger partial charge is 0.479 e. The van der Waals surface area contributed by atoms with E-state index in [0.29, 0.717) is 11.2 Å². The minimum Gasteiger partial charge on any atom is -0.479 e. The molecule has 4 heterocycles. The molecule has 5 atom stereocenters. The molecule has 2 aromatic heterocycles. The number of carboxylic acid groups (broad SMARTS) is 1. The van der Waals surface area contributed by atoms with E-state index in [1.54, 1.807) is 18.4 Å². The van der Waals surface area contributed by atoms with Gasteiger partial charge in [-0.3, -0.25) is 4.57 Å². The van der Waals surface area contributed by atoms with Crippen molar-refractivity contribution in [3.63, 3.8) is 0 Å². The summed E-state index contributed by atoms with van der Waals surface area (Å²) in [6.07, 6.45) is -2.31. The molecule has 0 saturated carbocycles. The van der Waals surface area contributed by atoms with Crippen molar-refractivity contribution < 1.29 is 29.2 Å². The van der Waals surface area contributed by atoms with Crippen LogP contribution in [0.4, 0.5) is 5.82 Å². The topological polar surface area (TPSA) is 155 Å². The van der Waals surface area contributed by atoms with Crippen LogP contribution in [0.2, 0.25) is 0 Å². The van der Waals surface area contributed by atoms with Crippen molar-refractivity contribution in [3.8, 4) is 0 Å². The number of aromatic nitrogens is 4. The lowest BCUT2D eigenvalue weighted by molar-refractivity contribution is -0.210. The van der Waals surface area contributed by atoms with E-state index < -0.39 is 42.4 Å². The zero-order valence-electron chi connectivity index (χ0n) is 13.4. The number of aliphatic hydroxyl groups excluding tert-OH is 1. The van der Waals surface area contributed by atoms with Crippen LogP contribution in [0.25, 0.3) is 11.2 Å². The molecule has 2 aliphatic rings. The minimum atomic E-state index is -1.76. The summed E-state index contributed by atoms with van der Waals surface area (Å²) < 4.78 is 19.0. The fourth-order valence-electron chi connectivity index (χ4n) is 3.28. The monoisotopic (exact) mass is 351 g/mol. The molecule has 0 amide bonds. The molecule has 2 aromatic rings. The van der Waals surface area contributed by atoms with Gasteiger partial charge in [0.1, 0.15) is 30.2 Å². The van der Waals surface area contributed by atoms with Crippen molar-refractivity contribution in [1.29, 1.82) is 0 Å². The quantitative estimate of drug-likeness (QED) is 0.644. The fourth-order valence-corrected chi connectivity index (χ4v) is 3.28. The molecular weight excluding hydrogens is 334 g/mol. The predicted molar refractivity (Wildman–Crippen MR) is 81.1 cm³/mol. The highest BCUT2D eigenvalue weighted by atomic mass is 16.8. The Balaban J connectivity index is 1.76. The number of aliphatic carboxylic acids is 1. The summed E-state index contributed by atoms with van der Waals surface area (Å²) in [5, 5.41) is 19.1. The normalized spacial score (nSPS) is 32.0. The first-order chi connectivity index (χ1) is 11.8. The van der Waals surface area contributed by atoms with Gasteiger partial charge in [-0.05, 0) is 13.8 Å². The van der Waals surface area contributed by atoms with E-state index in [2.05, 4.69) is 15.0 Å². The Morgan fingerprint density at radius 1 is 1.32 bits per heavy atom. The number of hydrogen-bond acceptors (Lipinski definition) is 9. The maximum Gasteiger partial charge on any atom is 0.335 e. The predicted octanol–water partition coefficient (Wildman–Crippen LogP) is -0.728. The molecule has 11 nitrogen and oxygen atoms in total. The van der Waals surface area contributed by atoms with Crippen LogP contribution in [0, 0.1) is 0 Å². The maximum absolute atomic E-state index is 11.2. The summed E-state index contributed by atoms with van der Waals surface area (Å²) in [5.74, 6) is -2.14. The molecule has 2 aliphatic heterocycles. The van der Waals surface area contributed by atoms with Crippen molar-refractivity contribution in [1.82, 2.24) is 19.5 Å². The summed E-state index contributed by atoms with van der Waals surface area (Å²) in [5.41, 5.74) is 6.60. The van der Waals surface area contributed by atoms with Crippen LogP contribution in [0.3, 0.4) is 0 Å². The molecule has 4 rings (SSSR count). The van der Waals surface area contributed by atoms with Crippen molar-refractivity contribution in [2.75, 3.05) is 5.73 Å².